The van der Waals surface area contributed by atoms with Crippen LogP contribution in [0.5, 0.6) is 0 Å². The summed E-state index contributed by atoms with van der Waals surface area (Å²) < 4.78 is 0. The molecule has 0 saturated carbocycles. The van der Waals surface area contributed by atoms with Crippen molar-refractivity contribution in [2.75, 3.05) is 14.1 Å². The van der Waals surface area contributed by atoms with E-state index in [1.807, 2.05) is 43.4 Å². The van der Waals surface area contributed by atoms with Crippen LogP contribution in [0.2, 0.25) is 5.02 Å². The predicted molar refractivity (Wildman–Crippen MR) is 52.0 cm³/mol. The Morgan fingerprint density at radius 2 is 1.83 bits per heavy atom. The molecule has 0 aliphatic carbocycles. The topological polar surface area (TPSA) is 15.3 Å². The fourth-order valence-electron chi connectivity index (χ4n) is 0.852. The fourth-order valence-corrected chi connectivity index (χ4v) is 0.978. The van der Waals surface area contributed by atoms with Gasteiger partial charge < -0.3 is 0 Å². The SMILES string of the molecule is CN(C)NCc1ccc(Cl)cc1. The van der Waals surface area contributed by atoms with Gasteiger partial charge in [0.25, 0.3) is 0 Å². The molecule has 1 N–H and O–H groups in total. The zero-order valence-corrected chi connectivity index (χ0v) is 8.10. The van der Waals surface area contributed by atoms with Gasteiger partial charge in [0.2, 0.25) is 0 Å². The van der Waals surface area contributed by atoms with Crippen molar-refractivity contribution < 1.29 is 0 Å². The van der Waals surface area contributed by atoms with E-state index in [-0.39, 0.29) is 0 Å². The molecule has 66 valence electrons. The van der Waals surface area contributed by atoms with Crippen LogP contribution in [0, 0.1) is 0 Å². The van der Waals surface area contributed by atoms with Gasteiger partial charge in [-0.15, -0.1) is 0 Å². The number of nitrogens with one attached hydrogen (secondary N) is 1. The van der Waals surface area contributed by atoms with E-state index in [1.165, 1.54) is 5.56 Å². The minimum Gasteiger partial charge on any atom is -0.251 e. The first-order valence-corrected chi connectivity index (χ1v) is 4.21. The highest BCUT2D eigenvalue weighted by molar-refractivity contribution is 6.30. The van der Waals surface area contributed by atoms with Crippen LogP contribution in [0.15, 0.2) is 24.3 Å². The van der Waals surface area contributed by atoms with Gasteiger partial charge in [0.1, 0.15) is 0 Å². The van der Waals surface area contributed by atoms with Gasteiger partial charge in [0, 0.05) is 25.7 Å². The smallest absolute Gasteiger partial charge is 0.0406 e. The third-order valence-electron chi connectivity index (χ3n) is 1.51. The summed E-state index contributed by atoms with van der Waals surface area (Å²) in [6, 6.07) is 7.82. The van der Waals surface area contributed by atoms with Gasteiger partial charge in [-0.05, 0) is 17.7 Å². The van der Waals surface area contributed by atoms with Gasteiger partial charge in [-0.3, -0.25) is 10.4 Å². The molecule has 0 bridgehead atoms. The van der Waals surface area contributed by atoms with E-state index in [2.05, 4.69) is 5.43 Å². The van der Waals surface area contributed by atoms with Crippen LogP contribution in [0.25, 0.3) is 0 Å². The van der Waals surface area contributed by atoms with E-state index < -0.39 is 0 Å². The molecule has 0 saturated heterocycles. The van der Waals surface area contributed by atoms with Crippen LogP contribution in [0.1, 0.15) is 5.56 Å². The largest absolute Gasteiger partial charge is 0.251 e. The Balaban J connectivity index is 2.48. The molecule has 0 aliphatic heterocycles. The third kappa shape index (κ3) is 3.22. The Kier molecular flexibility index (Phi) is 3.53. The summed E-state index contributed by atoms with van der Waals surface area (Å²) in [6.45, 7) is 0.837. The van der Waals surface area contributed by atoms with Gasteiger partial charge in [-0.2, -0.15) is 0 Å². The second kappa shape index (κ2) is 4.45. The lowest BCUT2D eigenvalue weighted by atomic mass is 10.2. The Labute approximate surface area is 78.1 Å². The van der Waals surface area contributed by atoms with Crippen molar-refractivity contribution in [3.63, 3.8) is 0 Å². The molecule has 0 unspecified atom stereocenters. The number of hydrogen-bond acceptors (Lipinski definition) is 2. The van der Waals surface area contributed by atoms with Crippen LogP contribution in [-0.2, 0) is 6.54 Å². The van der Waals surface area contributed by atoms with Crippen molar-refractivity contribution in [3.05, 3.63) is 34.9 Å². The highest BCUT2D eigenvalue weighted by Crippen LogP contribution is 2.08. The predicted octanol–water partition coefficient (Wildman–Crippen LogP) is 1.91. The van der Waals surface area contributed by atoms with E-state index in [9.17, 15) is 0 Å². The number of hydrogen-bond donors (Lipinski definition) is 1. The average molecular weight is 185 g/mol. The second-order valence-electron chi connectivity index (χ2n) is 2.86. The number of benzene rings is 1. The summed E-state index contributed by atoms with van der Waals surface area (Å²) in [4.78, 5) is 0. The summed E-state index contributed by atoms with van der Waals surface area (Å²) in [6.07, 6.45) is 0. The maximum absolute atomic E-state index is 5.74. The molecule has 12 heavy (non-hydrogen) atoms. The zero-order valence-electron chi connectivity index (χ0n) is 7.34. The molecule has 2 nitrogen and oxygen atoms in total. The normalized spacial score (nSPS) is 10.7. The zero-order chi connectivity index (χ0) is 8.97. The Morgan fingerprint density at radius 3 is 2.33 bits per heavy atom. The molecule has 0 heterocycles. The molecular formula is C9H13ClN2. The van der Waals surface area contributed by atoms with Gasteiger partial charge in [0.05, 0.1) is 0 Å². The Morgan fingerprint density at radius 1 is 1.25 bits per heavy atom. The molecule has 0 radical (unpaired) electrons. The highest BCUT2D eigenvalue weighted by atomic mass is 35.5. The van der Waals surface area contributed by atoms with Gasteiger partial charge in [0.15, 0.2) is 0 Å². The fraction of sp³-hybridized carbons (Fsp3) is 0.333. The quantitative estimate of drug-likeness (QED) is 0.722. The van der Waals surface area contributed by atoms with Crippen molar-refractivity contribution in [2.45, 2.75) is 6.54 Å². The van der Waals surface area contributed by atoms with E-state index in [4.69, 9.17) is 11.6 Å². The number of halogens is 1. The number of hydrazine groups is 1. The number of nitrogens with zero attached hydrogens (tertiary/aromatic N) is 1. The van der Waals surface area contributed by atoms with Crippen molar-refractivity contribution in [2.24, 2.45) is 0 Å². The Hall–Kier alpha value is -0.570. The summed E-state index contributed by atoms with van der Waals surface area (Å²) in [5.74, 6) is 0. The van der Waals surface area contributed by atoms with Crippen molar-refractivity contribution >= 4 is 11.6 Å². The molecule has 0 spiro atoms. The van der Waals surface area contributed by atoms with Gasteiger partial charge in [-0.1, -0.05) is 23.7 Å². The number of rotatable bonds is 3. The molecule has 0 atom stereocenters. The van der Waals surface area contributed by atoms with E-state index >= 15 is 0 Å². The van der Waals surface area contributed by atoms with Crippen LogP contribution >= 0.6 is 11.6 Å². The third-order valence-corrected chi connectivity index (χ3v) is 1.76. The lowest BCUT2D eigenvalue weighted by Gasteiger charge is -2.11. The maximum Gasteiger partial charge on any atom is 0.0406 e. The average Bonchev–Trinajstić information content (AvgIpc) is 2.03. The maximum atomic E-state index is 5.74. The first-order valence-electron chi connectivity index (χ1n) is 3.84. The highest BCUT2D eigenvalue weighted by Gasteiger charge is 1.92. The van der Waals surface area contributed by atoms with Crippen LogP contribution in [-0.4, -0.2) is 19.1 Å². The van der Waals surface area contributed by atoms with Gasteiger partial charge >= 0.3 is 0 Å². The minimum atomic E-state index is 0.781. The molecule has 1 aromatic carbocycles. The molecule has 1 rings (SSSR count). The lowest BCUT2D eigenvalue weighted by molar-refractivity contribution is 0.286. The Bertz CT molecular complexity index is 231. The standard InChI is InChI=1S/C9H13ClN2/c1-12(2)11-7-8-3-5-9(10)6-4-8/h3-6,11H,7H2,1-2H3. The summed E-state index contributed by atoms with van der Waals surface area (Å²) in [7, 11) is 3.94. The molecule has 3 heteroatoms. The molecule has 0 aliphatic rings. The molecule has 0 fully saturated rings. The molecule has 0 aromatic heterocycles. The van der Waals surface area contributed by atoms with E-state index in [0.717, 1.165) is 11.6 Å². The van der Waals surface area contributed by atoms with Crippen LogP contribution in [0.4, 0.5) is 0 Å². The van der Waals surface area contributed by atoms with Crippen molar-refractivity contribution in [1.82, 2.24) is 10.4 Å². The minimum absolute atomic E-state index is 0.781. The lowest BCUT2D eigenvalue weighted by Crippen LogP contribution is -2.29. The second-order valence-corrected chi connectivity index (χ2v) is 3.29. The summed E-state index contributed by atoms with van der Waals surface area (Å²) >= 11 is 5.74. The van der Waals surface area contributed by atoms with Crippen LogP contribution in [0.3, 0.4) is 0 Å². The molecular weight excluding hydrogens is 172 g/mol. The first-order chi connectivity index (χ1) is 5.68. The van der Waals surface area contributed by atoms with E-state index in [1.54, 1.807) is 0 Å². The summed E-state index contributed by atoms with van der Waals surface area (Å²) in [5.41, 5.74) is 4.40. The van der Waals surface area contributed by atoms with Gasteiger partial charge in [-0.25, -0.2) is 0 Å². The van der Waals surface area contributed by atoms with Crippen molar-refractivity contribution in [3.8, 4) is 0 Å². The van der Waals surface area contributed by atoms with Crippen molar-refractivity contribution in [1.29, 1.82) is 0 Å². The first kappa shape index (κ1) is 9.52. The van der Waals surface area contributed by atoms with E-state index in [0.29, 0.717) is 0 Å². The van der Waals surface area contributed by atoms with Crippen LogP contribution < -0.4 is 5.43 Å². The monoisotopic (exact) mass is 184 g/mol. The molecule has 0 amide bonds. The molecule has 1 aromatic rings. The summed E-state index contributed by atoms with van der Waals surface area (Å²) in [5, 5.41) is 2.71.